The van der Waals surface area contributed by atoms with Crippen molar-refractivity contribution in [1.29, 1.82) is 0 Å². The molecule has 1 aromatic carbocycles. The minimum Gasteiger partial charge on any atom is -0.444 e. The van der Waals surface area contributed by atoms with Gasteiger partial charge in [-0.1, -0.05) is 18.2 Å². The molecule has 0 radical (unpaired) electrons. The highest BCUT2D eigenvalue weighted by Crippen LogP contribution is 2.34. The lowest BCUT2D eigenvalue weighted by Gasteiger charge is -2.39. The van der Waals surface area contributed by atoms with Crippen LogP contribution in [0.25, 0.3) is 0 Å². The van der Waals surface area contributed by atoms with Crippen LogP contribution in [0.4, 0.5) is 10.5 Å². The zero-order chi connectivity index (χ0) is 19.9. The van der Waals surface area contributed by atoms with Crippen molar-refractivity contribution in [2.45, 2.75) is 64.1 Å². The summed E-state index contributed by atoms with van der Waals surface area (Å²) in [4.78, 5) is 31.2. The Kier molecular flexibility index (Phi) is 5.08. The Labute approximate surface area is 167 Å². The molecule has 3 aliphatic heterocycles. The molecule has 0 unspecified atom stereocenters. The van der Waals surface area contributed by atoms with Gasteiger partial charge in [-0.3, -0.25) is 9.69 Å². The number of hydrogen-bond donors (Lipinski definition) is 0. The molecule has 152 valence electrons. The van der Waals surface area contributed by atoms with Crippen LogP contribution in [0.1, 0.15) is 45.6 Å². The van der Waals surface area contributed by atoms with E-state index in [2.05, 4.69) is 17.0 Å². The number of amides is 2. The number of nitrogens with zero attached hydrogens (tertiary/aromatic N) is 3. The summed E-state index contributed by atoms with van der Waals surface area (Å²) < 4.78 is 5.51. The van der Waals surface area contributed by atoms with Crippen LogP contribution in [-0.2, 0) is 16.0 Å². The van der Waals surface area contributed by atoms with Gasteiger partial charge in [0, 0.05) is 44.0 Å². The zero-order valence-corrected chi connectivity index (χ0v) is 17.2. The van der Waals surface area contributed by atoms with E-state index in [0.717, 1.165) is 56.7 Å². The van der Waals surface area contributed by atoms with E-state index in [-0.39, 0.29) is 18.0 Å². The predicted molar refractivity (Wildman–Crippen MR) is 108 cm³/mol. The van der Waals surface area contributed by atoms with Crippen LogP contribution < -0.4 is 4.90 Å². The molecule has 1 atom stereocenters. The molecule has 2 fully saturated rings. The van der Waals surface area contributed by atoms with E-state index >= 15 is 0 Å². The highest BCUT2D eigenvalue weighted by atomic mass is 16.6. The molecule has 0 aromatic heterocycles. The Balaban J connectivity index is 1.32. The Hall–Kier alpha value is -2.08. The maximum absolute atomic E-state index is 12.6. The fourth-order valence-electron chi connectivity index (χ4n) is 4.72. The van der Waals surface area contributed by atoms with Crippen LogP contribution in [0.15, 0.2) is 24.3 Å². The number of carbonyl (C=O) groups is 2. The molecule has 1 aromatic rings. The second kappa shape index (κ2) is 7.39. The molecular formula is C22H31N3O3. The van der Waals surface area contributed by atoms with Gasteiger partial charge in [-0.05, 0) is 51.7 Å². The third-order valence-corrected chi connectivity index (χ3v) is 6.06. The van der Waals surface area contributed by atoms with Crippen LogP contribution in [-0.4, -0.2) is 65.7 Å². The number of hydrogen-bond acceptors (Lipinski definition) is 4. The maximum atomic E-state index is 12.6. The summed E-state index contributed by atoms with van der Waals surface area (Å²) in [5.41, 5.74) is 1.80. The summed E-state index contributed by atoms with van der Waals surface area (Å²) in [6.07, 6.45) is 3.30. The molecule has 0 N–H and O–H groups in total. The minimum atomic E-state index is -0.452. The van der Waals surface area contributed by atoms with E-state index in [1.807, 2.05) is 42.7 Å². The number of rotatable bonds is 2. The van der Waals surface area contributed by atoms with E-state index in [4.69, 9.17) is 4.74 Å². The molecule has 4 rings (SSSR count). The van der Waals surface area contributed by atoms with E-state index in [1.165, 1.54) is 0 Å². The number of piperidine rings is 1. The van der Waals surface area contributed by atoms with E-state index in [0.29, 0.717) is 12.5 Å². The highest BCUT2D eigenvalue weighted by Gasteiger charge is 2.38. The van der Waals surface area contributed by atoms with Crippen LogP contribution in [0.3, 0.4) is 0 Å². The third kappa shape index (κ3) is 3.88. The van der Waals surface area contributed by atoms with Crippen LogP contribution in [0.5, 0.6) is 0 Å². The van der Waals surface area contributed by atoms with Crippen LogP contribution in [0.2, 0.25) is 0 Å². The number of anilines is 1. The molecule has 3 heterocycles. The Bertz CT molecular complexity index is 750. The fourth-order valence-corrected chi connectivity index (χ4v) is 4.72. The van der Waals surface area contributed by atoms with Gasteiger partial charge in [0.15, 0.2) is 0 Å². The largest absolute Gasteiger partial charge is 0.444 e. The van der Waals surface area contributed by atoms with Crippen molar-refractivity contribution in [1.82, 2.24) is 9.80 Å². The molecule has 3 aliphatic rings. The lowest BCUT2D eigenvalue weighted by Crippen LogP contribution is -2.50. The van der Waals surface area contributed by atoms with Crippen LogP contribution in [0, 0.1) is 0 Å². The second-order valence-corrected chi connectivity index (χ2v) is 9.21. The first-order valence-electron chi connectivity index (χ1n) is 10.4. The van der Waals surface area contributed by atoms with Crippen LogP contribution >= 0.6 is 0 Å². The summed E-state index contributed by atoms with van der Waals surface area (Å²) in [6.45, 7) is 9.17. The van der Waals surface area contributed by atoms with Gasteiger partial charge in [0.2, 0.25) is 5.91 Å². The highest BCUT2D eigenvalue weighted by molar-refractivity contribution is 6.01. The predicted octanol–water partition coefficient (Wildman–Crippen LogP) is 3.05. The van der Waals surface area contributed by atoms with Crippen molar-refractivity contribution in [2.24, 2.45) is 0 Å². The Morgan fingerprint density at radius 2 is 1.71 bits per heavy atom. The minimum absolute atomic E-state index is 0.204. The Morgan fingerprint density at radius 1 is 1.04 bits per heavy atom. The smallest absolute Gasteiger partial charge is 0.410 e. The second-order valence-electron chi connectivity index (χ2n) is 9.21. The molecule has 0 saturated carbocycles. The van der Waals surface area contributed by atoms with Gasteiger partial charge in [-0.2, -0.15) is 0 Å². The Morgan fingerprint density at radius 3 is 2.43 bits per heavy atom. The topological polar surface area (TPSA) is 53.1 Å². The number of carbonyl (C=O) groups excluding carboxylic acids is 2. The van der Waals surface area contributed by atoms with Gasteiger partial charge in [0.1, 0.15) is 5.60 Å². The monoisotopic (exact) mass is 385 g/mol. The quantitative estimate of drug-likeness (QED) is 0.785. The summed E-state index contributed by atoms with van der Waals surface area (Å²) in [7, 11) is 0. The van der Waals surface area contributed by atoms with Gasteiger partial charge < -0.3 is 14.5 Å². The molecule has 0 spiro atoms. The van der Waals surface area contributed by atoms with Crippen molar-refractivity contribution in [3.05, 3.63) is 29.8 Å². The first kappa shape index (κ1) is 19.2. The molecule has 28 heavy (non-hydrogen) atoms. The summed E-state index contributed by atoms with van der Waals surface area (Å²) >= 11 is 0. The summed E-state index contributed by atoms with van der Waals surface area (Å²) in [5.74, 6) is 0.233. The number of para-hydroxylation sites is 1. The lowest BCUT2D eigenvalue weighted by molar-refractivity contribution is -0.118. The maximum Gasteiger partial charge on any atom is 0.410 e. The van der Waals surface area contributed by atoms with Crippen molar-refractivity contribution >= 4 is 17.7 Å². The van der Waals surface area contributed by atoms with Gasteiger partial charge in [0.05, 0.1) is 6.42 Å². The number of fused-ring (bicyclic) bond motifs is 1. The van der Waals surface area contributed by atoms with Crippen molar-refractivity contribution in [3.63, 3.8) is 0 Å². The van der Waals surface area contributed by atoms with Gasteiger partial charge >= 0.3 is 6.09 Å². The average molecular weight is 386 g/mol. The first-order chi connectivity index (χ1) is 13.3. The van der Waals surface area contributed by atoms with Gasteiger partial charge in [-0.25, -0.2) is 4.79 Å². The van der Waals surface area contributed by atoms with Gasteiger partial charge in [-0.15, -0.1) is 0 Å². The van der Waals surface area contributed by atoms with E-state index < -0.39 is 5.60 Å². The number of benzene rings is 1. The molecule has 0 aliphatic carbocycles. The third-order valence-electron chi connectivity index (χ3n) is 6.06. The van der Waals surface area contributed by atoms with E-state index in [9.17, 15) is 9.59 Å². The first-order valence-corrected chi connectivity index (χ1v) is 10.4. The molecule has 6 nitrogen and oxygen atoms in total. The standard InChI is InChI=1S/C22H31N3O3/c1-22(2,3)28-21(27)24-13-10-18(15-24)23-11-8-17(9-12-23)25-19-7-5-4-6-16(19)14-20(25)26/h4-7,17-18H,8-15H2,1-3H3/t18-/m0/s1. The average Bonchev–Trinajstić information content (AvgIpc) is 3.24. The summed E-state index contributed by atoms with van der Waals surface area (Å²) in [5, 5.41) is 0. The fraction of sp³-hybridized carbons (Fsp3) is 0.636. The number of likely N-dealkylation sites (tertiary alicyclic amines) is 2. The van der Waals surface area contributed by atoms with Crippen molar-refractivity contribution in [2.75, 3.05) is 31.1 Å². The zero-order valence-electron chi connectivity index (χ0n) is 17.2. The van der Waals surface area contributed by atoms with E-state index in [1.54, 1.807) is 0 Å². The number of ether oxygens (including phenoxy) is 1. The molecule has 6 heteroatoms. The molecule has 2 saturated heterocycles. The lowest BCUT2D eigenvalue weighted by atomic mass is 10.0. The van der Waals surface area contributed by atoms with Gasteiger partial charge in [0.25, 0.3) is 0 Å². The SMILES string of the molecule is CC(C)(C)OC(=O)N1CC[C@H](N2CCC(N3C(=O)Cc4ccccc43)CC2)C1. The van der Waals surface area contributed by atoms with Crippen molar-refractivity contribution in [3.8, 4) is 0 Å². The normalized spacial score (nSPS) is 24.0. The molecule has 0 bridgehead atoms. The van der Waals surface area contributed by atoms with Crippen molar-refractivity contribution < 1.29 is 14.3 Å². The molecule has 2 amide bonds. The molecular weight excluding hydrogens is 354 g/mol. The summed E-state index contributed by atoms with van der Waals surface area (Å²) in [6, 6.07) is 8.85.